The van der Waals surface area contributed by atoms with Crippen LogP contribution in [0.3, 0.4) is 0 Å². The minimum Gasteiger partial charge on any atom is -0.369 e. The number of ether oxygens (including phenoxy) is 1. The Labute approximate surface area is 272 Å². The van der Waals surface area contributed by atoms with Gasteiger partial charge >= 0.3 is 0 Å². The van der Waals surface area contributed by atoms with Crippen LogP contribution in [0.25, 0.3) is 0 Å². The lowest BCUT2D eigenvalue weighted by Gasteiger charge is -2.61. The number of morpholine rings is 1. The van der Waals surface area contributed by atoms with Gasteiger partial charge in [0.05, 0.1) is 35.9 Å². The van der Waals surface area contributed by atoms with E-state index in [1.54, 1.807) is 0 Å². The fourth-order valence-corrected chi connectivity index (χ4v) is 12.1. The number of nitrogens with one attached hydrogen (secondary N) is 2. The first kappa shape index (κ1) is 30.2. The number of carbonyl (C=O) groups excluding carboxylic acids is 3. The molecule has 13 atom stereocenters. The van der Waals surface area contributed by atoms with Crippen molar-refractivity contribution in [1.29, 1.82) is 0 Å². The molecule has 2 N–H and O–H groups in total. The highest BCUT2D eigenvalue weighted by molar-refractivity contribution is 6.20. The Bertz CT molecular complexity index is 1260. The Balaban J connectivity index is 1.03. The monoisotopic (exact) mass is 637 g/mol. The fraction of sp³-hybridized carbons (Fsp3) is 0.861. The van der Waals surface area contributed by atoms with E-state index in [0.29, 0.717) is 42.5 Å². The summed E-state index contributed by atoms with van der Waals surface area (Å²) in [7, 11) is 0. The quantitative estimate of drug-likeness (QED) is 0.444. The van der Waals surface area contributed by atoms with E-state index in [2.05, 4.69) is 25.3 Å². The number of nitrogens with zero attached hydrogens (tertiary/aromatic N) is 3. The van der Waals surface area contributed by atoms with Crippen molar-refractivity contribution >= 4 is 17.5 Å². The summed E-state index contributed by atoms with van der Waals surface area (Å²) in [5.41, 5.74) is 0.185. The number of hydrogen-bond donors (Lipinski definition) is 2. The van der Waals surface area contributed by atoms with Gasteiger partial charge in [0, 0.05) is 56.2 Å². The molecule has 4 saturated heterocycles. The lowest BCUT2D eigenvalue weighted by Crippen LogP contribution is -2.73. The van der Waals surface area contributed by atoms with E-state index in [-0.39, 0.29) is 53.7 Å². The van der Waals surface area contributed by atoms with Gasteiger partial charge in [0.15, 0.2) is 5.78 Å². The van der Waals surface area contributed by atoms with E-state index < -0.39 is 24.2 Å². The van der Waals surface area contributed by atoms with Gasteiger partial charge in [0.2, 0.25) is 0 Å². The van der Waals surface area contributed by atoms with Gasteiger partial charge in [0.1, 0.15) is 12.0 Å². The topological polar surface area (TPSA) is 94.2 Å². The zero-order valence-corrected chi connectivity index (χ0v) is 27.2. The molecule has 10 heteroatoms. The third-order valence-electron chi connectivity index (χ3n) is 14.1. The largest absolute Gasteiger partial charge is 0.369 e. The van der Waals surface area contributed by atoms with Crippen LogP contribution in [0.15, 0.2) is 11.8 Å². The van der Waals surface area contributed by atoms with Gasteiger partial charge in [-0.05, 0) is 95.2 Å². The maximum atomic E-state index is 16.6. The first-order valence-electron chi connectivity index (χ1n) is 18.8. The number of hydrogen-bond acceptors (Lipinski definition) is 8. The second-order valence-electron chi connectivity index (χ2n) is 16.3. The molecule has 4 aliphatic carbocycles. The predicted octanol–water partition coefficient (Wildman–Crippen LogP) is 2.30. The smallest absolute Gasteiger partial charge is 0.256 e. The van der Waals surface area contributed by atoms with Crippen LogP contribution in [0, 0.1) is 35.5 Å². The molecule has 0 radical (unpaired) electrons. The predicted molar refractivity (Wildman–Crippen MR) is 169 cm³/mol. The lowest BCUT2D eigenvalue weighted by atomic mass is 9.66. The molecule has 13 unspecified atom stereocenters. The van der Waals surface area contributed by atoms with Gasteiger partial charge in [-0.25, -0.2) is 4.39 Å². The van der Waals surface area contributed by atoms with Gasteiger partial charge in [-0.15, -0.1) is 0 Å². The van der Waals surface area contributed by atoms with Crippen molar-refractivity contribution < 1.29 is 23.5 Å². The number of likely N-dealkylation sites (tertiary alicyclic amines) is 2. The molecule has 5 heterocycles. The minimum atomic E-state index is -1.21. The molecule has 252 valence electrons. The first-order chi connectivity index (χ1) is 22.5. The van der Waals surface area contributed by atoms with Crippen LogP contribution in [-0.2, 0) is 19.1 Å². The van der Waals surface area contributed by atoms with Gasteiger partial charge in [-0.3, -0.25) is 19.3 Å². The van der Waals surface area contributed by atoms with Crippen molar-refractivity contribution in [2.45, 2.75) is 113 Å². The van der Waals surface area contributed by atoms with E-state index in [1.807, 2.05) is 6.20 Å². The molecule has 0 aromatic carbocycles. The highest BCUT2D eigenvalue weighted by Crippen LogP contribution is 2.56. The molecule has 0 spiro atoms. The minimum absolute atomic E-state index is 0.00128. The van der Waals surface area contributed by atoms with Crippen molar-refractivity contribution in [3.63, 3.8) is 0 Å². The van der Waals surface area contributed by atoms with Crippen LogP contribution in [0.4, 0.5) is 4.39 Å². The molecular weight excluding hydrogens is 585 g/mol. The second kappa shape index (κ2) is 11.9. The number of Topliss-reactive ketones (excluding diaryl/α,β-unsaturated/α-hetero) is 2. The Morgan fingerprint density at radius 1 is 0.935 bits per heavy atom. The van der Waals surface area contributed by atoms with Crippen LogP contribution in [0.2, 0.25) is 0 Å². The van der Waals surface area contributed by atoms with Crippen LogP contribution in [0.5, 0.6) is 0 Å². The molecule has 9 nitrogen and oxygen atoms in total. The van der Waals surface area contributed by atoms with Crippen molar-refractivity contribution in [2.24, 2.45) is 35.5 Å². The molecule has 9 rings (SSSR count). The fourth-order valence-electron chi connectivity index (χ4n) is 12.1. The molecule has 4 saturated carbocycles. The third-order valence-corrected chi connectivity index (χ3v) is 14.1. The van der Waals surface area contributed by atoms with E-state index in [9.17, 15) is 14.4 Å². The molecule has 9 aliphatic rings. The molecule has 0 bridgehead atoms. The van der Waals surface area contributed by atoms with E-state index in [1.165, 1.54) is 19.3 Å². The molecule has 1 amide bonds. The number of halogens is 1. The molecule has 0 aromatic heterocycles. The zero-order chi connectivity index (χ0) is 31.1. The van der Waals surface area contributed by atoms with E-state index in [4.69, 9.17) is 4.74 Å². The summed E-state index contributed by atoms with van der Waals surface area (Å²) in [6.45, 7) is 6.08. The Morgan fingerprint density at radius 3 is 2.63 bits per heavy atom. The number of alkyl halides is 1. The average Bonchev–Trinajstić information content (AvgIpc) is 3.80. The number of piperidine rings is 1. The highest BCUT2D eigenvalue weighted by Gasteiger charge is 2.63. The van der Waals surface area contributed by atoms with Crippen molar-refractivity contribution in [3.05, 3.63) is 11.8 Å². The van der Waals surface area contributed by atoms with Gasteiger partial charge in [-0.2, -0.15) is 0 Å². The van der Waals surface area contributed by atoms with Crippen molar-refractivity contribution in [1.82, 2.24) is 25.3 Å². The SMILES string of the molecule is O=C(NCCN1CCCC1)C1=CN2C3CC4C(CC3OC3C(N5CC6CCCNC6C5)C(F)CC(C1=O)C32)C(=O)C1CCCCC14. The summed E-state index contributed by atoms with van der Waals surface area (Å²) in [6, 6.07) is -0.324. The Kier molecular flexibility index (Phi) is 7.82. The third kappa shape index (κ3) is 4.85. The number of rotatable bonds is 5. The summed E-state index contributed by atoms with van der Waals surface area (Å²) >= 11 is 0. The van der Waals surface area contributed by atoms with E-state index in [0.717, 1.165) is 77.8 Å². The van der Waals surface area contributed by atoms with Crippen LogP contribution >= 0.6 is 0 Å². The first-order valence-corrected chi connectivity index (χ1v) is 18.8. The summed E-state index contributed by atoms with van der Waals surface area (Å²) in [5, 5.41) is 6.72. The molecule has 5 aliphatic heterocycles. The summed E-state index contributed by atoms with van der Waals surface area (Å²) in [4.78, 5) is 48.5. The number of carbonyl (C=O) groups is 3. The zero-order valence-electron chi connectivity index (χ0n) is 27.2. The summed E-state index contributed by atoms with van der Waals surface area (Å²) in [6.07, 6.45) is 10.8. The highest BCUT2D eigenvalue weighted by atomic mass is 19.1. The molecule has 0 aromatic rings. The van der Waals surface area contributed by atoms with Gasteiger partial charge < -0.3 is 25.2 Å². The van der Waals surface area contributed by atoms with Gasteiger partial charge in [-0.1, -0.05) is 12.8 Å². The van der Waals surface area contributed by atoms with Crippen LogP contribution < -0.4 is 10.6 Å². The standard InChI is InChI=1S/C36H52FN5O4/c37-27-14-25-31-35(32(27)41-17-20-6-5-9-38-28(20)19-41)46-30-16-24-23(21-7-1-2-8-22(21)33(24)43)15-29(30)42(31)18-26(34(25)44)36(45)39-10-13-40-11-3-4-12-40/h18,20-25,27-32,35,38H,1-17,19H2,(H,39,45). The van der Waals surface area contributed by atoms with Crippen LogP contribution in [0.1, 0.15) is 70.6 Å². The Morgan fingerprint density at radius 2 is 1.78 bits per heavy atom. The molecule has 46 heavy (non-hydrogen) atoms. The number of ketones is 2. The van der Waals surface area contributed by atoms with Crippen LogP contribution in [-0.4, -0.2) is 121 Å². The normalized spacial score (nSPS) is 47.0. The van der Waals surface area contributed by atoms with Gasteiger partial charge in [0.25, 0.3) is 5.91 Å². The summed E-state index contributed by atoms with van der Waals surface area (Å²) < 4.78 is 23.7. The van der Waals surface area contributed by atoms with Crippen molar-refractivity contribution in [2.75, 3.05) is 45.8 Å². The maximum Gasteiger partial charge on any atom is 0.256 e. The Hall–Kier alpha value is -1.88. The summed E-state index contributed by atoms with van der Waals surface area (Å²) in [5.74, 6) is 0.789. The molecular formula is C36H52FN5O4. The van der Waals surface area contributed by atoms with E-state index >= 15 is 4.39 Å². The second-order valence-corrected chi connectivity index (χ2v) is 16.3. The number of amides is 1. The average molecular weight is 638 g/mol. The maximum absolute atomic E-state index is 16.6. The number of fused-ring (bicyclic) bond motifs is 6. The molecule has 8 fully saturated rings. The lowest BCUT2D eigenvalue weighted by molar-refractivity contribution is -0.218. The van der Waals surface area contributed by atoms with Crippen molar-refractivity contribution in [3.8, 4) is 0 Å².